The predicted molar refractivity (Wildman–Crippen MR) is 123 cm³/mol. The lowest BCUT2D eigenvalue weighted by Gasteiger charge is -2.37. The highest BCUT2D eigenvalue weighted by atomic mass is 19.4. The minimum Gasteiger partial charge on any atom is -0.381 e. The van der Waals surface area contributed by atoms with Crippen LogP contribution in [0.5, 0.6) is 0 Å². The van der Waals surface area contributed by atoms with Crippen LogP contribution < -0.4 is 16.2 Å². The van der Waals surface area contributed by atoms with Crippen LogP contribution >= 0.6 is 0 Å². The lowest BCUT2D eigenvalue weighted by Crippen LogP contribution is -2.45. The van der Waals surface area contributed by atoms with Crippen LogP contribution in [0.2, 0.25) is 0 Å². The average molecular weight is 528 g/mol. The van der Waals surface area contributed by atoms with E-state index in [1.165, 1.54) is 6.92 Å². The summed E-state index contributed by atoms with van der Waals surface area (Å²) in [7, 11) is 1.98. The van der Waals surface area contributed by atoms with Crippen LogP contribution in [0.4, 0.5) is 32.0 Å². The Morgan fingerprint density at radius 1 is 1.19 bits per heavy atom. The third kappa shape index (κ3) is 4.60. The second kappa shape index (κ2) is 8.78. The number of piperidine rings is 1. The van der Waals surface area contributed by atoms with E-state index >= 15 is 0 Å². The first-order valence-electron chi connectivity index (χ1n) is 12.0. The van der Waals surface area contributed by atoms with Gasteiger partial charge in [-0.25, -0.2) is 13.2 Å². The summed E-state index contributed by atoms with van der Waals surface area (Å²) in [5, 5.41) is 5.66. The van der Waals surface area contributed by atoms with Gasteiger partial charge in [0.25, 0.3) is 17.4 Å². The first-order valence-corrected chi connectivity index (χ1v) is 12.0. The van der Waals surface area contributed by atoms with Crippen LogP contribution in [0.15, 0.2) is 35.3 Å². The third-order valence-electron chi connectivity index (χ3n) is 7.75. The molecule has 2 saturated carbocycles. The number of anilines is 1. The second-order valence-electron chi connectivity index (χ2n) is 10.3. The molecule has 2 aromatic rings. The molecule has 1 amide bonds. The van der Waals surface area contributed by atoms with Gasteiger partial charge in [0.15, 0.2) is 0 Å². The fraction of sp³-hybridized carbons (Fsp3) is 0.520. The Labute approximate surface area is 208 Å². The molecule has 2 N–H and O–H groups in total. The zero-order valence-electron chi connectivity index (χ0n) is 20.1. The van der Waals surface area contributed by atoms with Gasteiger partial charge in [0.2, 0.25) is 0 Å². The van der Waals surface area contributed by atoms with Crippen molar-refractivity contribution >= 4 is 11.6 Å². The highest BCUT2D eigenvalue weighted by Gasteiger charge is 2.55. The van der Waals surface area contributed by atoms with E-state index in [0.717, 1.165) is 42.1 Å². The van der Waals surface area contributed by atoms with Crippen molar-refractivity contribution in [2.45, 2.75) is 50.0 Å². The number of hydrogen-bond acceptors (Lipinski definition) is 4. The monoisotopic (exact) mass is 528 g/mol. The van der Waals surface area contributed by atoms with Crippen molar-refractivity contribution in [1.82, 2.24) is 14.8 Å². The topological polar surface area (TPSA) is 66.4 Å². The Hall–Kier alpha value is -3.02. The Morgan fingerprint density at radius 2 is 1.86 bits per heavy atom. The van der Waals surface area contributed by atoms with E-state index in [-0.39, 0.29) is 35.7 Å². The number of likely N-dealkylation sites (tertiary alicyclic amines) is 1. The minimum absolute atomic E-state index is 0.00137. The summed E-state index contributed by atoms with van der Waals surface area (Å²) >= 11 is 0. The molecular weight excluding hydrogens is 502 g/mol. The Kier molecular flexibility index (Phi) is 6.08. The molecule has 5 atom stereocenters. The molecule has 5 rings (SSSR count). The molecule has 1 saturated heterocycles. The molecule has 3 fully saturated rings. The van der Waals surface area contributed by atoms with Crippen molar-refractivity contribution in [2.24, 2.45) is 11.8 Å². The van der Waals surface area contributed by atoms with Gasteiger partial charge in [-0.3, -0.25) is 9.59 Å². The quantitative estimate of drug-likeness (QED) is 0.545. The Morgan fingerprint density at radius 3 is 2.43 bits per heavy atom. The number of hydrogen-bond donors (Lipinski definition) is 2. The molecule has 1 aromatic heterocycles. The van der Waals surface area contributed by atoms with Gasteiger partial charge in [0.05, 0.1) is 22.9 Å². The fourth-order valence-electron chi connectivity index (χ4n) is 5.51. The summed E-state index contributed by atoms with van der Waals surface area (Å²) in [6.07, 6.45) is -4.17. The molecule has 0 bridgehead atoms. The van der Waals surface area contributed by atoms with Crippen molar-refractivity contribution < 1.29 is 31.1 Å². The van der Waals surface area contributed by atoms with Crippen LogP contribution in [0.25, 0.3) is 0 Å². The van der Waals surface area contributed by atoms with Gasteiger partial charge in [0, 0.05) is 43.4 Å². The molecule has 0 spiro atoms. The molecule has 1 aromatic carbocycles. The van der Waals surface area contributed by atoms with Crippen LogP contribution in [0.1, 0.15) is 53.3 Å². The van der Waals surface area contributed by atoms with Crippen LogP contribution in [-0.4, -0.2) is 47.5 Å². The van der Waals surface area contributed by atoms with Crippen molar-refractivity contribution in [1.29, 1.82) is 0 Å². The van der Waals surface area contributed by atoms with E-state index in [1.807, 2.05) is 7.05 Å². The first kappa shape index (κ1) is 25.6. The standard InChI is InChI=1S/C25H26F6N4O2/c1-12(13-4-3-5-17(21(13)26)25(29,30)31)32-23(37)16-11-35(19-6-7-24(19,27)28)20(36)8-18(16)33-22-14-9-34(2)10-15(14)22/h3-5,8,11-12,14-15,19,22,33H,6-7,9-10H2,1-2H3,(H,32,37)/t12-,14-,15+,19-,22+/m1/s1. The number of carbonyl (C=O) groups excluding carboxylic acids is 1. The fourth-order valence-corrected chi connectivity index (χ4v) is 5.51. The zero-order valence-corrected chi connectivity index (χ0v) is 20.1. The van der Waals surface area contributed by atoms with E-state index in [0.29, 0.717) is 17.9 Å². The van der Waals surface area contributed by atoms with Gasteiger partial charge in [0.1, 0.15) is 11.9 Å². The van der Waals surface area contributed by atoms with Crippen molar-refractivity contribution in [2.75, 3.05) is 25.5 Å². The summed E-state index contributed by atoms with van der Waals surface area (Å²) < 4.78 is 83.1. The molecule has 6 nitrogen and oxygen atoms in total. The molecule has 37 heavy (non-hydrogen) atoms. The molecule has 0 radical (unpaired) electrons. The van der Waals surface area contributed by atoms with E-state index < -0.39 is 47.0 Å². The zero-order chi connectivity index (χ0) is 26.9. The lowest BCUT2D eigenvalue weighted by molar-refractivity contribution is -0.140. The summed E-state index contributed by atoms with van der Waals surface area (Å²) in [6.45, 7) is 2.99. The van der Waals surface area contributed by atoms with Gasteiger partial charge in [-0.2, -0.15) is 13.2 Å². The summed E-state index contributed by atoms with van der Waals surface area (Å²) in [4.78, 5) is 28.2. The molecule has 12 heteroatoms. The highest BCUT2D eigenvalue weighted by molar-refractivity contribution is 5.99. The van der Waals surface area contributed by atoms with Gasteiger partial charge < -0.3 is 20.1 Å². The van der Waals surface area contributed by atoms with E-state index in [4.69, 9.17) is 0 Å². The number of aromatic nitrogens is 1. The van der Waals surface area contributed by atoms with Crippen LogP contribution in [0, 0.1) is 17.7 Å². The number of benzene rings is 1. The van der Waals surface area contributed by atoms with Gasteiger partial charge in [-0.15, -0.1) is 0 Å². The number of fused-ring (bicyclic) bond motifs is 1. The maximum atomic E-state index is 14.6. The van der Waals surface area contributed by atoms with Gasteiger partial charge in [-0.05, 0) is 38.3 Å². The largest absolute Gasteiger partial charge is 0.419 e. The number of alkyl halides is 5. The molecule has 0 unspecified atom stereocenters. The van der Waals surface area contributed by atoms with Crippen molar-refractivity contribution in [3.05, 3.63) is 63.3 Å². The normalized spacial score (nSPS) is 27.2. The van der Waals surface area contributed by atoms with Crippen molar-refractivity contribution in [3.8, 4) is 0 Å². The number of halogens is 6. The number of nitrogens with one attached hydrogen (secondary N) is 2. The summed E-state index contributed by atoms with van der Waals surface area (Å²) in [5.74, 6) is -4.80. The lowest BCUT2D eigenvalue weighted by atomic mass is 9.87. The average Bonchev–Trinajstić information content (AvgIpc) is 3.23. The highest BCUT2D eigenvalue weighted by Crippen LogP contribution is 2.48. The minimum atomic E-state index is -4.92. The summed E-state index contributed by atoms with van der Waals surface area (Å²) in [6, 6.07) is 1.31. The Bertz CT molecular complexity index is 1280. The summed E-state index contributed by atoms with van der Waals surface area (Å²) in [5.41, 5.74) is -2.49. The molecular formula is C25H26F6N4O2. The van der Waals surface area contributed by atoms with E-state index in [2.05, 4.69) is 15.5 Å². The van der Waals surface area contributed by atoms with Crippen LogP contribution in [-0.2, 0) is 6.18 Å². The number of rotatable bonds is 6. The number of pyridine rings is 1. The molecule has 1 aliphatic heterocycles. The van der Waals surface area contributed by atoms with E-state index in [1.54, 1.807) is 0 Å². The molecule has 2 heterocycles. The smallest absolute Gasteiger partial charge is 0.381 e. The number of nitrogens with zero attached hydrogens (tertiary/aromatic N) is 2. The number of carbonyl (C=O) groups is 1. The predicted octanol–water partition coefficient (Wildman–Crippen LogP) is 4.44. The Balaban J connectivity index is 1.45. The SMILES string of the molecule is C[C@@H](NC(=O)c1cn([C@@H]2CCC2(F)F)c(=O)cc1N[C@H]1[C@@H]2CN(C)C[C@@H]21)c1cccc(C(F)(F)F)c1F. The molecule has 2 aliphatic carbocycles. The van der Waals surface area contributed by atoms with Gasteiger partial charge >= 0.3 is 6.18 Å². The van der Waals surface area contributed by atoms with E-state index in [9.17, 15) is 35.9 Å². The first-order chi connectivity index (χ1) is 17.3. The second-order valence-corrected chi connectivity index (χ2v) is 10.3. The van der Waals surface area contributed by atoms with Gasteiger partial charge in [-0.1, -0.05) is 12.1 Å². The van der Waals surface area contributed by atoms with Crippen LogP contribution in [0.3, 0.4) is 0 Å². The molecule has 200 valence electrons. The maximum Gasteiger partial charge on any atom is 0.419 e. The number of amides is 1. The third-order valence-corrected chi connectivity index (χ3v) is 7.75. The molecule has 3 aliphatic rings. The van der Waals surface area contributed by atoms with Crippen molar-refractivity contribution in [3.63, 3.8) is 0 Å². The maximum absolute atomic E-state index is 14.6.